The van der Waals surface area contributed by atoms with E-state index in [0.717, 1.165) is 5.92 Å². The Kier molecular flexibility index (Phi) is 5.85. The average molecular weight is 350 g/mol. The number of rotatable bonds is 8. The van der Waals surface area contributed by atoms with Crippen LogP contribution in [-0.2, 0) is 6.42 Å². The molecule has 138 valence electrons. The molecule has 1 aromatic heterocycles. The Morgan fingerprint density at radius 3 is 2.38 bits per heavy atom. The van der Waals surface area contributed by atoms with Gasteiger partial charge in [0.25, 0.3) is 0 Å². The molecule has 0 atom stereocenters. The molecule has 0 radical (unpaired) electrons. The Morgan fingerprint density at radius 2 is 1.69 bits per heavy atom. The van der Waals surface area contributed by atoms with E-state index < -0.39 is 0 Å². The van der Waals surface area contributed by atoms with Gasteiger partial charge in [-0.2, -0.15) is 0 Å². The second-order valence-electron chi connectivity index (χ2n) is 7.95. The average Bonchev–Trinajstić information content (AvgIpc) is 3.53. The first-order valence-corrected chi connectivity index (χ1v) is 10.3. The van der Waals surface area contributed by atoms with Crippen molar-refractivity contribution >= 4 is 5.82 Å². The highest BCUT2D eigenvalue weighted by molar-refractivity contribution is 5.39. The van der Waals surface area contributed by atoms with Crippen LogP contribution in [-0.4, -0.2) is 42.1 Å². The summed E-state index contributed by atoms with van der Waals surface area (Å²) in [7, 11) is 0. The first-order chi connectivity index (χ1) is 12.9. The van der Waals surface area contributed by atoms with Crippen LogP contribution in [0.15, 0.2) is 54.7 Å². The summed E-state index contributed by atoms with van der Waals surface area (Å²) in [6.45, 7) is 4.89. The van der Waals surface area contributed by atoms with Crippen LogP contribution in [0.5, 0.6) is 0 Å². The first kappa shape index (κ1) is 17.5. The van der Waals surface area contributed by atoms with Crippen LogP contribution in [0.3, 0.4) is 0 Å². The monoisotopic (exact) mass is 349 g/mol. The molecule has 2 heterocycles. The summed E-state index contributed by atoms with van der Waals surface area (Å²) in [6.07, 6.45) is 9.75. The summed E-state index contributed by atoms with van der Waals surface area (Å²) in [5.41, 5.74) is 1.47. The van der Waals surface area contributed by atoms with E-state index in [9.17, 15) is 0 Å². The fourth-order valence-corrected chi connectivity index (χ4v) is 4.14. The first-order valence-electron chi connectivity index (χ1n) is 10.3. The number of likely N-dealkylation sites (tertiary alicyclic amines) is 1. The molecular weight excluding hydrogens is 318 g/mol. The highest BCUT2D eigenvalue weighted by Crippen LogP contribution is 2.33. The minimum absolute atomic E-state index is 0.663. The Morgan fingerprint density at radius 1 is 0.923 bits per heavy atom. The van der Waals surface area contributed by atoms with Gasteiger partial charge in [-0.1, -0.05) is 36.4 Å². The quantitative estimate of drug-likeness (QED) is 0.704. The van der Waals surface area contributed by atoms with Crippen molar-refractivity contribution in [2.24, 2.45) is 5.92 Å². The molecule has 4 rings (SSSR count). The van der Waals surface area contributed by atoms with E-state index in [1.165, 1.54) is 76.1 Å². The number of anilines is 1. The Bertz CT molecular complexity index is 646. The molecule has 26 heavy (non-hydrogen) atoms. The zero-order valence-corrected chi connectivity index (χ0v) is 15.8. The van der Waals surface area contributed by atoms with Gasteiger partial charge < -0.3 is 9.80 Å². The van der Waals surface area contributed by atoms with Crippen molar-refractivity contribution in [3.63, 3.8) is 0 Å². The molecule has 2 aliphatic rings. The highest BCUT2D eigenvalue weighted by Gasteiger charge is 2.30. The number of hydrogen-bond donors (Lipinski definition) is 0. The molecule has 0 bridgehead atoms. The van der Waals surface area contributed by atoms with Crippen LogP contribution < -0.4 is 4.90 Å². The third-order valence-electron chi connectivity index (χ3n) is 5.88. The summed E-state index contributed by atoms with van der Waals surface area (Å²) in [6, 6.07) is 17.9. The molecule has 0 N–H and O–H groups in total. The van der Waals surface area contributed by atoms with Crippen LogP contribution in [0.4, 0.5) is 5.82 Å². The third-order valence-corrected chi connectivity index (χ3v) is 5.88. The molecule has 1 aromatic carbocycles. The molecular formula is C23H31N3. The van der Waals surface area contributed by atoms with Crippen LogP contribution in [0, 0.1) is 5.92 Å². The highest BCUT2D eigenvalue weighted by atomic mass is 15.2. The van der Waals surface area contributed by atoms with Crippen molar-refractivity contribution in [1.29, 1.82) is 0 Å². The van der Waals surface area contributed by atoms with Crippen molar-refractivity contribution in [2.45, 2.75) is 44.6 Å². The molecule has 3 heteroatoms. The normalized spacial score (nSPS) is 18.8. The SMILES string of the molecule is c1ccc(CCCN2CCC(N(CC3CC3)c3ccccn3)CC2)cc1. The molecule has 1 saturated heterocycles. The van der Waals surface area contributed by atoms with Gasteiger partial charge in [0.2, 0.25) is 0 Å². The topological polar surface area (TPSA) is 19.4 Å². The van der Waals surface area contributed by atoms with Crippen molar-refractivity contribution in [2.75, 3.05) is 31.1 Å². The van der Waals surface area contributed by atoms with E-state index in [1.54, 1.807) is 0 Å². The lowest BCUT2D eigenvalue weighted by Gasteiger charge is -2.39. The molecule has 0 unspecified atom stereocenters. The predicted molar refractivity (Wildman–Crippen MR) is 109 cm³/mol. The number of piperidine rings is 1. The fraction of sp³-hybridized carbons (Fsp3) is 0.522. The lowest BCUT2D eigenvalue weighted by atomic mass is 10.0. The second kappa shape index (κ2) is 8.68. The van der Waals surface area contributed by atoms with Gasteiger partial charge in [-0.25, -0.2) is 4.98 Å². The van der Waals surface area contributed by atoms with Gasteiger partial charge in [-0.3, -0.25) is 0 Å². The summed E-state index contributed by atoms with van der Waals surface area (Å²) >= 11 is 0. The van der Waals surface area contributed by atoms with Crippen molar-refractivity contribution < 1.29 is 0 Å². The van der Waals surface area contributed by atoms with E-state index in [2.05, 4.69) is 57.2 Å². The number of benzene rings is 1. The van der Waals surface area contributed by atoms with Crippen molar-refractivity contribution in [3.8, 4) is 0 Å². The smallest absolute Gasteiger partial charge is 0.128 e. The van der Waals surface area contributed by atoms with Gasteiger partial charge in [-0.05, 0) is 68.7 Å². The maximum atomic E-state index is 4.65. The van der Waals surface area contributed by atoms with E-state index in [4.69, 9.17) is 0 Å². The maximum Gasteiger partial charge on any atom is 0.128 e. The van der Waals surface area contributed by atoms with Gasteiger partial charge in [0.15, 0.2) is 0 Å². The number of pyridine rings is 1. The maximum absolute atomic E-state index is 4.65. The lowest BCUT2D eigenvalue weighted by Crippen LogP contribution is -2.46. The zero-order chi connectivity index (χ0) is 17.6. The molecule has 1 aliphatic carbocycles. The van der Waals surface area contributed by atoms with Gasteiger partial charge in [-0.15, -0.1) is 0 Å². The van der Waals surface area contributed by atoms with Gasteiger partial charge in [0.05, 0.1) is 0 Å². The van der Waals surface area contributed by atoms with Crippen molar-refractivity contribution in [1.82, 2.24) is 9.88 Å². The molecule has 0 amide bonds. The van der Waals surface area contributed by atoms with E-state index in [1.807, 2.05) is 12.3 Å². The lowest BCUT2D eigenvalue weighted by molar-refractivity contribution is 0.206. The summed E-state index contributed by atoms with van der Waals surface area (Å²) in [5.74, 6) is 2.09. The van der Waals surface area contributed by atoms with Crippen LogP contribution in [0.25, 0.3) is 0 Å². The van der Waals surface area contributed by atoms with E-state index in [0.29, 0.717) is 6.04 Å². The molecule has 0 spiro atoms. The van der Waals surface area contributed by atoms with Gasteiger partial charge in [0.1, 0.15) is 5.82 Å². The van der Waals surface area contributed by atoms with E-state index in [-0.39, 0.29) is 0 Å². The van der Waals surface area contributed by atoms with E-state index >= 15 is 0 Å². The molecule has 2 aromatic rings. The molecule has 1 saturated carbocycles. The summed E-state index contributed by atoms with van der Waals surface area (Å²) in [5, 5.41) is 0. The molecule has 3 nitrogen and oxygen atoms in total. The molecule has 1 aliphatic heterocycles. The van der Waals surface area contributed by atoms with Crippen LogP contribution in [0.2, 0.25) is 0 Å². The number of aryl methyl sites for hydroxylation is 1. The molecule has 2 fully saturated rings. The Labute approximate surface area is 158 Å². The summed E-state index contributed by atoms with van der Waals surface area (Å²) in [4.78, 5) is 9.92. The number of hydrogen-bond acceptors (Lipinski definition) is 3. The second-order valence-corrected chi connectivity index (χ2v) is 7.95. The van der Waals surface area contributed by atoms with Gasteiger partial charge in [0, 0.05) is 31.9 Å². The van der Waals surface area contributed by atoms with Crippen LogP contribution in [0.1, 0.15) is 37.7 Å². The largest absolute Gasteiger partial charge is 0.353 e. The Hall–Kier alpha value is -1.87. The van der Waals surface area contributed by atoms with Gasteiger partial charge >= 0.3 is 0 Å². The fourth-order valence-electron chi connectivity index (χ4n) is 4.14. The third kappa shape index (κ3) is 4.85. The minimum atomic E-state index is 0.663. The predicted octanol–water partition coefficient (Wildman–Crippen LogP) is 4.40. The van der Waals surface area contributed by atoms with Crippen molar-refractivity contribution in [3.05, 3.63) is 60.3 Å². The Balaban J connectivity index is 1.26. The standard InChI is InChI=1S/C23H31N3/c1-2-7-20(8-3-1)9-6-16-25-17-13-22(14-18-25)26(19-21-11-12-21)23-10-4-5-15-24-23/h1-5,7-8,10,15,21-22H,6,9,11-14,16-19H2. The number of nitrogens with zero attached hydrogens (tertiary/aromatic N) is 3. The number of aromatic nitrogens is 1. The summed E-state index contributed by atoms with van der Waals surface area (Å²) < 4.78 is 0. The van der Waals surface area contributed by atoms with Crippen LogP contribution >= 0.6 is 0 Å². The zero-order valence-electron chi connectivity index (χ0n) is 15.8. The minimum Gasteiger partial charge on any atom is -0.353 e.